The topological polar surface area (TPSA) is 71.1 Å². The minimum atomic E-state index is -0.669. The summed E-state index contributed by atoms with van der Waals surface area (Å²) in [5.41, 5.74) is 0. The molecule has 0 aromatic heterocycles. The van der Waals surface area contributed by atoms with Crippen molar-refractivity contribution in [1.29, 1.82) is 0 Å². The van der Waals surface area contributed by atoms with Crippen LogP contribution in [-0.4, -0.2) is 37.7 Å². The Labute approximate surface area is 107 Å². The maximum atomic E-state index is 11.2. The molecule has 0 N–H and O–H groups in total. The van der Waals surface area contributed by atoms with E-state index in [2.05, 4.69) is 0 Å². The molecule has 6 heteroatoms. The third kappa shape index (κ3) is 8.72. The molecular weight excluding hydrogens is 240 g/mol. The molecule has 0 aliphatic carbocycles. The Morgan fingerprint density at radius 2 is 1.22 bits per heavy atom. The quantitative estimate of drug-likeness (QED) is 0.373. The van der Waals surface area contributed by atoms with Gasteiger partial charge in [0.05, 0.1) is 0 Å². The first kappa shape index (κ1) is 16.6. The van der Waals surface area contributed by atoms with Crippen molar-refractivity contribution in [2.75, 3.05) is 13.2 Å². The van der Waals surface area contributed by atoms with E-state index in [9.17, 15) is 9.59 Å². The van der Waals surface area contributed by atoms with Gasteiger partial charge in [-0.05, 0) is 27.7 Å². The fraction of sp³-hybridized carbons (Fsp3) is 0.667. The van der Waals surface area contributed by atoms with E-state index < -0.39 is 24.5 Å². The maximum absolute atomic E-state index is 11.2. The van der Waals surface area contributed by atoms with Gasteiger partial charge < -0.3 is 18.9 Å². The molecule has 6 nitrogen and oxygen atoms in total. The first-order valence-electron chi connectivity index (χ1n) is 5.82. The van der Waals surface area contributed by atoms with Crippen LogP contribution in [0.3, 0.4) is 0 Å². The first-order chi connectivity index (χ1) is 8.49. The molecule has 2 atom stereocenters. The Morgan fingerprint density at radius 3 is 1.50 bits per heavy atom. The standard InChI is InChI=1S/C12H20O6/c1-5-15-9(3)17-11(13)7-8-12(14)18-10(4)16-6-2/h7-10H,5-6H2,1-4H3/b8-7-. The molecule has 0 spiro atoms. The summed E-state index contributed by atoms with van der Waals surface area (Å²) in [5.74, 6) is -1.34. The van der Waals surface area contributed by atoms with Gasteiger partial charge in [0.2, 0.25) is 0 Å². The highest BCUT2D eigenvalue weighted by molar-refractivity contribution is 5.91. The van der Waals surface area contributed by atoms with Crippen LogP contribution in [0.2, 0.25) is 0 Å². The number of esters is 2. The van der Waals surface area contributed by atoms with Crippen LogP contribution >= 0.6 is 0 Å². The van der Waals surface area contributed by atoms with Crippen molar-refractivity contribution in [3.05, 3.63) is 12.2 Å². The molecule has 0 rings (SSSR count). The summed E-state index contributed by atoms with van der Waals surface area (Å²) in [6, 6.07) is 0. The highest BCUT2D eigenvalue weighted by Gasteiger charge is 2.08. The molecule has 0 bridgehead atoms. The number of rotatable bonds is 8. The highest BCUT2D eigenvalue weighted by atomic mass is 16.7. The molecule has 0 aromatic rings. The number of ether oxygens (including phenoxy) is 4. The van der Waals surface area contributed by atoms with Gasteiger partial charge in [0.25, 0.3) is 0 Å². The molecule has 0 saturated carbocycles. The Hall–Kier alpha value is -1.40. The predicted octanol–water partition coefficient (Wildman–Crippen LogP) is 1.39. The second-order valence-electron chi connectivity index (χ2n) is 3.25. The SMILES string of the molecule is CCOC(C)OC(=O)/C=C\C(=O)OC(C)OCC. The molecule has 18 heavy (non-hydrogen) atoms. The largest absolute Gasteiger partial charge is 0.433 e. The third-order valence-electron chi connectivity index (χ3n) is 1.72. The van der Waals surface area contributed by atoms with Crippen molar-refractivity contribution in [3.8, 4) is 0 Å². The Balaban J connectivity index is 3.98. The summed E-state index contributed by atoms with van der Waals surface area (Å²) >= 11 is 0. The van der Waals surface area contributed by atoms with Crippen molar-refractivity contribution in [1.82, 2.24) is 0 Å². The Kier molecular flexibility index (Phi) is 8.86. The molecule has 104 valence electrons. The van der Waals surface area contributed by atoms with Gasteiger partial charge in [0.1, 0.15) is 0 Å². The fourth-order valence-electron chi connectivity index (χ4n) is 1.08. The van der Waals surface area contributed by atoms with Crippen molar-refractivity contribution in [2.45, 2.75) is 40.3 Å². The van der Waals surface area contributed by atoms with Gasteiger partial charge in [-0.3, -0.25) is 0 Å². The van der Waals surface area contributed by atoms with Crippen LogP contribution < -0.4 is 0 Å². The number of hydrogen-bond acceptors (Lipinski definition) is 6. The van der Waals surface area contributed by atoms with Crippen molar-refractivity contribution >= 4 is 11.9 Å². The maximum Gasteiger partial charge on any atom is 0.333 e. The summed E-state index contributed by atoms with van der Waals surface area (Å²) in [6.07, 6.45) is 0.670. The highest BCUT2D eigenvalue weighted by Crippen LogP contribution is 1.97. The normalized spacial score (nSPS) is 14.2. The van der Waals surface area contributed by atoms with Crippen LogP contribution in [0.15, 0.2) is 12.2 Å². The molecule has 0 amide bonds. The van der Waals surface area contributed by atoms with Crippen LogP contribution in [0, 0.1) is 0 Å². The Bertz CT molecular complexity index is 258. The van der Waals surface area contributed by atoms with Crippen LogP contribution in [0.25, 0.3) is 0 Å². The summed E-state index contributed by atoms with van der Waals surface area (Å²) in [4.78, 5) is 22.4. The monoisotopic (exact) mass is 260 g/mol. The lowest BCUT2D eigenvalue weighted by Crippen LogP contribution is -2.18. The smallest absolute Gasteiger partial charge is 0.333 e. The van der Waals surface area contributed by atoms with E-state index in [1.54, 1.807) is 27.7 Å². The molecule has 0 fully saturated rings. The van der Waals surface area contributed by atoms with Crippen LogP contribution in [-0.2, 0) is 28.5 Å². The molecule has 0 saturated heterocycles. The van der Waals surface area contributed by atoms with Gasteiger partial charge in [0, 0.05) is 25.4 Å². The molecule has 0 heterocycles. The van der Waals surface area contributed by atoms with Gasteiger partial charge in [-0.1, -0.05) is 0 Å². The zero-order valence-electron chi connectivity index (χ0n) is 11.2. The van der Waals surface area contributed by atoms with E-state index in [1.807, 2.05) is 0 Å². The minimum absolute atomic E-state index is 0.437. The van der Waals surface area contributed by atoms with Crippen molar-refractivity contribution in [2.24, 2.45) is 0 Å². The number of carbonyl (C=O) groups excluding carboxylic acids is 2. The zero-order chi connectivity index (χ0) is 14.0. The number of carbonyl (C=O) groups is 2. The predicted molar refractivity (Wildman–Crippen MR) is 63.5 cm³/mol. The van der Waals surface area contributed by atoms with Gasteiger partial charge in [-0.15, -0.1) is 0 Å². The van der Waals surface area contributed by atoms with E-state index in [0.29, 0.717) is 13.2 Å². The molecule has 0 aromatic carbocycles. The minimum Gasteiger partial charge on any atom is -0.433 e. The van der Waals surface area contributed by atoms with E-state index >= 15 is 0 Å². The van der Waals surface area contributed by atoms with Gasteiger partial charge in [-0.25, -0.2) is 9.59 Å². The summed E-state index contributed by atoms with van der Waals surface area (Å²) in [7, 11) is 0. The lowest BCUT2D eigenvalue weighted by Gasteiger charge is -2.11. The lowest BCUT2D eigenvalue weighted by atomic mass is 10.5. The summed E-state index contributed by atoms with van der Waals surface area (Å²) in [6.45, 7) is 7.62. The first-order valence-corrected chi connectivity index (χ1v) is 5.82. The zero-order valence-corrected chi connectivity index (χ0v) is 11.2. The fourth-order valence-corrected chi connectivity index (χ4v) is 1.08. The second kappa shape index (κ2) is 9.61. The van der Waals surface area contributed by atoms with E-state index in [4.69, 9.17) is 18.9 Å². The number of hydrogen-bond donors (Lipinski definition) is 0. The van der Waals surface area contributed by atoms with Crippen LogP contribution in [0.4, 0.5) is 0 Å². The molecule has 0 aliphatic rings. The molecule has 0 radical (unpaired) electrons. The summed E-state index contributed by atoms with van der Waals surface area (Å²) < 4.78 is 19.6. The van der Waals surface area contributed by atoms with Crippen LogP contribution in [0.1, 0.15) is 27.7 Å². The third-order valence-corrected chi connectivity index (χ3v) is 1.72. The van der Waals surface area contributed by atoms with E-state index in [0.717, 1.165) is 12.2 Å². The van der Waals surface area contributed by atoms with Crippen molar-refractivity contribution in [3.63, 3.8) is 0 Å². The molecule has 2 unspecified atom stereocenters. The molecular formula is C12H20O6. The second-order valence-corrected chi connectivity index (χ2v) is 3.25. The van der Waals surface area contributed by atoms with E-state index in [1.165, 1.54) is 0 Å². The average Bonchev–Trinajstić information content (AvgIpc) is 2.27. The van der Waals surface area contributed by atoms with E-state index in [-0.39, 0.29) is 0 Å². The lowest BCUT2D eigenvalue weighted by molar-refractivity contribution is -0.170. The summed E-state index contributed by atoms with van der Waals surface area (Å²) in [5, 5.41) is 0. The molecule has 0 aliphatic heterocycles. The average molecular weight is 260 g/mol. The van der Waals surface area contributed by atoms with Crippen LogP contribution in [0.5, 0.6) is 0 Å². The van der Waals surface area contributed by atoms with Crippen molar-refractivity contribution < 1.29 is 28.5 Å². The van der Waals surface area contributed by atoms with Gasteiger partial charge in [0.15, 0.2) is 12.6 Å². The van der Waals surface area contributed by atoms with Gasteiger partial charge in [-0.2, -0.15) is 0 Å². The Morgan fingerprint density at radius 1 is 0.889 bits per heavy atom. The van der Waals surface area contributed by atoms with Gasteiger partial charge >= 0.3 is 11.9 Å².